The lowest BCUT2D eigenvalue weighted by atomic mass is 10.0. The van der Waals surface area contributed by atoms with E-state index in [9.17, 15) is 4.79 Å². The van der Waals surface area contributed by atoms with Gasteiger partial charge in [0.05, 0.1) is 6.42 Å². The van der Waals surface area contributed by atoms with E-state index in [0.717, 1.165) is 54.4 Å². The molecule has 0 aliphatic carbocycles. The Morgan fingerprint density at radius 1 is 1.24 bits per heavy atom. The van der Waals surface area contributed by atoms with E-state index in [1.165, 1.54) is 6.33 Å². The molecule has 2 aromatic rings. The number of amides is 1. The van der Waals surface area contributed by atoms with Crippen molar-refractivity contribution in [3.63, 3.8) is 0 Å². The summed E-state index contributed by atoms with van der Waals surface area (Å²) >= 11 is 6.22. The number of aromatic nitrogens is 2. The molecule has 2 aliphatic rings. The Morgan fingerprint density at radius 2 is 2.04 bits per heavy atom. The lowest BCUT2D eigenvalue weighted by Crippen LogP contribution is -2.43. The predicted octanol–water partition coefficient (Wildman–Crippen LogP) is 2.38. The van der Waals surface area contributed by atoms with Crippen molar-refractivity contribution in [2.24, 2.45) is 0 Å². The summed E-state index contributed by atoms with van der Waals surface area (Å²) in [5.74, 6) is 1.55. The average Bonchev–Trinajstić information content (AvgIpc) is 3.02. The number of halogens is 1. The predicted molar refractivity (Wildman–Crippen MR) is 97.9 cm³/mol. The quantitative estimate of drug-likeness (QED) is 0.879. The van der Waals surface area contributed by atoms with Gasteiger partial charge in [-0.2, -0.15) is 0 Å². The fourth-order valence-electron chi connectivity index (χ4n) is 3.47. The van der Waals surface area contributed by atoms with Crippen molar-refractivity contribution in [1.82, 2.24) is 15.3 Å². The number of carbonyl (C=O) groups excluding carboxylic acids is 1. The smallest absolute Gasteiger partial charge is 0.230 e. The van der Waals surface area contributed by atoms with Gasteiger partial charge in [-0.1, -0.05) is 29.8 Å². The maximum atomic E-state index is 11.6. The van der Waals surface area contributed by atoms with Gasteiger partial charge < -0.3 is 15.5 Å². The van der Waals surface area contributed by atoms with Crippen LogP contribution in [-0.4, -0.2) is 35.0 Å². The van der Waals surface area contributed by atoms with Gasteiger partial charge in [0.25, 0.3) is 0 Å². The maximum Gasteiger partial charge on any atom is 0.230 e. The summed E-state index contributed by atoms with van der Waals surface area (Å²) in [4.78, 5) is 22.5. The lowest BCUT2D eigenvalue weighted by Gasteiger charge is -2.34. The van der Waals surface area contributed by atoms with E-state index in [-0.39, 0.29) is 5.91 Å². The van der Waals surface area contributed by atoms with E-state index in [0.29, 0.717) is 18.3 Å². The normalized spacial score (nSPS) is 17.5. The van der Waals surface area contributed by atoms with E-state index in [1.807, 2.05) is 18.2 Å². The zero-order chi connectivity index (χ0) is 17.2. The first-order valence-electron chi connectivity index (χ1n) is 8.56. The van der Waals surface area contributed by atoms with Crippen LogP contribution in [0.25, 0.3) is 0 Å². The number of nitrogens with zero attached hydrogens (tertiary/aromatic N) is 3. The number of piperidine rings is 1. The average molecular weight is 358 g/mol. The zero-order valence-corrected chi connectivity index (χ0v) is 14.6. The molecule has 4 rings (SSSR count). The largest absolute Gasteiger partial charge is 0.356 e. The molecule has 1 fully saturated rings. The van der Waals surface area contributed by atoms with Crippen LogP contribution in [0.2, 0.25) is 5.02 Å². The highest BCUT2D eigenvalue weighted by molar-refractivity contribution is 6.31. The monoisotopic (exact) mass is 357 g/mol. The van der Waals surface area contributed by atoms with Crippen LogP contribution < -0.4 is 15.5 Å². The molecule has 1 aromatic carbocycles. The number of hydrogen-bond donors (Lipinski definition) is 2. The van der Waals surface area contributed by atoms with Crippen LogP contribution in [0.5, 0.6) is 0 Å². The summed E-state index contributed by atoms with van der Waals surface area (Å²) in [5.41, 5.74) is 2.06. The number of rotatable bonds is 4. The van der Waals surface area contributed by atoms with Gasteiger partial charge in [-0.25, -0.2) is 9.97 Å². The van der Waals surface area contributed by atoms with Gasteiger partial charge in [0, 0.05) is 36.3 Å². The van der Waals surface area contributed by atoms with Gasteiger partial charge in [-0.15, -0.1) is 0 Å². The molecule has 2 aliphatic heterocycles. The topological polar surface area (TPSA) is 70.2 Å². The second-order valence-electron chi connectivity index (χ2n) is 6.48. The summed E-state index contributed by atoms with van der Waals surface area (Å²) in [7, 11) is 0. The van der Waals surface area contributed by atoms with Gasteiger partial charge in [-0.05, 0) is 24.5 Å². The van der Waals surface area contributed by atoms with Crippen molar-refractivity contribution in [3.05, 3.63) is 46.7 Å². The van der Waals surface area contributed by atoms with Gasteiger partial charge in [-0.3, -0.25) is 4.79 Å². The SMILES string of the molecule is O=C1Cc2c(ncnc2N2CCC(NCc3ccccc3Cl)CC2)N1. The molecule has 1 aromatic heterocycles. The molecule has 7 heteroatoms. The minimum atomic E-state index is -0.00644. The van der Waals surface area contributed by atoms with Crippen LogP contribution in [0, 0.1) is 0 Å². The van der Waals surface area contributed by atoms with Crippen LogP contribution in [0.15, 0.2) is 30.6 Å². The van der Waals surface area contributed by atoms with E-state index in [1.54, 1.807) is 0 Å². The molecule has 0 unspecified atom stereocenters. The second kappa shape index (κ2) is 6.98. The van der Waals surface area contributed by atoms with E-state index >= 15 is 0 Å². The van der Waals surface area contributed by atoms with Crippen molar-refractivity contribution in [2.75, 3.05) is 23.3 Å². The fraction of sp³-hybridized carbons (Fsp3) is 0.389. The Hall–Kier alpha value is -2.18. The van der Waals surface area contributed by atoms with Crippen molar-refractivity contribution >= 4 is 29.1 Å². The minimum absolute atomic E-state index is 0.00644. The highest BCUT2D eigenvalue weighted by Crippen LogP contribution is 2.30. The fourth-order valence-corrected chi connectivity index (χ4v) is 3.68. The maximum absolute atomic E-state index is 11.6. The third-order valence-electron chi connectivity index (χ3n) is 4.85. The third kappa shape index (κ3) is 3.45. The Bertz CT molecular complexity index is 789. The summed E-state index contributed by atoms with van der Waals surface area (Å²) in [6, 6.07) is 8.40. The van der Waals surface area contributed by atoms with Crippen LogP contribution in [0.3, 0.4) is 0 Å². The third-order valence-corrected chi connectivity index (χ3v) is 5.22. The lowest BCUT2D eigenvalue weighted by molar-refractivity contribution is -0.115. The van der Waals surface area contributed by atoms with E-state index in [4.69, 9.17) is 11.6 Å². The van der Waals surface area contributed by atoms with E-state index in [2.05, 4.69) is 31.6 Å². The highest BCUT2D eigenvalue weighted by atomic mass is 35.5. The second-order valence-corrected chi connectivity index (χ2v) is 6.89. The Kier molecular flexibility index (Phi) is 4.55. The highest BCUT2D eigenvalue weighted by Gasteiger charge is 2.28. The van der Waals surface area contributed by atoms with Gasteiger partial charge in [0.2, 0.25) is 5.91 Å². The van der Waals surface area contributed by atoms with Gasteiger partial charge in [0.1, 0.15) is 18.0 Å². The molecule has 0 spiro atoms. The number of hydrogen-bond acceptors (Lipinski definition) is 5. The Labute approximate surface area is 151 Å². The molecule has 0 atom stereocenters. The van der Waals surface area contributed by atoms with Crippen molar-refractivity contribution in [2.45, 2.75) is 31.8 Å². The molecule has 25 heavy (non-hydrogen) atoms. The molecule has 2 N–H and O–H groups in total. The molecule has 130 valence electrons. The molecular formula is C18H20ClN5O. The minimum Gasteiger partial charge on any atom is -0.356 e. The molecule has 3 heterocycles. The van der Waals surface area contributed by atoms with Crippen molar-refractivity contribution < 1.29 is 4.79 Å². The molecule has 1 saturated heterocycles. The summed E-state index contributed by atoms with van der Waals surface area (Å²) in [6.07, 6.45) is 3.97. The number of benzene rings is 1. The van der Waals surface area contributed by atoms with Crippen molar-refractivity contribution in [3.8, 4) is 0 Å². The first kappa shape index (κ1) is 16.3. The van der Waals surface area contributed by atoms with Crippen LogP contribution in [0.4, 0.5) is 11.6 Å². The number of nitrogens with one attached hydrogen (secondary N) is 2. The molecule has 0 bridgehead atoms. The van der Waals surface area contributed by atoms with Crippen LogP contribution in [-0.2, 0) is 17.8 Å². The Balaban J connectivity index is 1.36. The molecular weight excluding hydrogens is 338 g/mol. The standard InChI is InChI=1S/C18H20ClN5O/c19-15-4-2-1-3-12(15)10-20-13-5-7-24(8-6-13)18-14-9-16(25)23-17(14)21-11-22-18/h1-4,11,13,20H,5-10H2,(H,21,22,23,25). The van der Waals surface area contributed by atoms with E-state index < -0.39 is 0 Å². The van der Waals surface area contributed by atoms with Gasteiger partial charge in [0.15, 0.2) is 0 Å². The molecule has 6 nitrogen and oxygen atoms in total. The molecule has 1 amide bonds. The number of carbonyl (C=O) groups is 1. The summed E-state index contributed by atoms with van der Waals surface area (Å²) < 4.78 is 0. The first-order chi connectivity index (χ1) is 12.2. The Morgan fingerprint density at radius 3 is 2.84 bits per heavy atom. The molecule has 0 radical (unpaired) electrons. The van der Waals surface area contributed by atoms with Gasteiger partial charge >= 0.3 is 0 Å². The zero-order valence-electron chi connectivity index (χ0n) is 13.8. The van der Waals surface area contributed by atoms with Crippen molar-refractivity contribution in [1.29, 1.82) is 0 Å². The first-order valence-corrected chi connectivity index (χ1v) is 8.94. The van der Waals surface area contributed by atoms with Crippen LogP contribution >= 0.6 is 11.6 Å². The number of anilines is 2. The number of fused-ring (bicyclic) bond motifs is 1. The summed E-state index contributed by atoms with van der Waals surface area (Å²) in [6.45, 7) is 2.61. The molecule has 0 saturated carbocycles. The van der Waals surface area contributed by atoms with Crippen LogP contribution in [0.1, 0.15) is 24.0 Å². The summed E-state index contributed by atoms with van der Waals surface area (Å²) in [5, 5.41) is 7.19.